The predicted octanol–water partition coefficient (Wildman–Crippen LogP) is 4.24. The smallest absolute Gasteiger partial charge is 0.416 e. The van der Waals surface area contributed by atoms with Crippen LogP contribution in [0.5, 0.6) is 5.75 Å². The van der Waals surface area contributed by atoms with Crippen molar-refractivity contribution in [3.05, 3.63) is 42.5 Å². The average Bonchev–Trinajstić information content (AvgIpc) is 2.16. The van der Waals surface area contributed by atoms with Crippen LogP contribution in [-0.4, -0.2) is 5.60 Å². The first-order chi connectivity index (χ1) is 7.74. The highest BCUT2D eigenvalue weighted by molar-refractivity contribution is 5.29. The van der Waals surface area contributed by atoms with E-state index in [4.69, 9.17) is 11.3 Å². The number of ether oxygens (including phenoxy) is 1. The van der Waals surface area contributed by atoms with Crippen molar-refractivity contribution in [3.63, 3.8) is 0 Å². The van der Waals surface area contributed by atoms with E-state index in [-0.39, 0.29) is 0 Å². The Kier molecular flexibility index (Phi) is 3.86. The molecule has 0 saturated carbocycles. The molecule has 1 aromatic rings. The lowest BCUT2D eigenvalue weighted by molar-refractivity contribution is -0.137. The van der Waals surface area contributed by atoms with Crippen LogP contribution in [0.4, 0.5) is 13.2 Å². The van der Waals surface area contributed by atoms with Gasteiger partial charge in [0.1, 0.15) is 11.4 Å². The van der Waals surface area contributed by atoms with Crippen LogP contribution in [0, 0.1) is 6.58 Å². The minimum atomic E-state index is -4.32. The van der Waals surface area contributed by atoms with Crippen molar-refractivity contribution in [1.82, 2.24) is 0 Å². The van der Waals surface area contributed by atoms with Gasteiger partial charge in [-0.25, -0.2) is 0 Å². The number of halogens is 3. The Morgan fingerprint density at radius 3 is 2.12 bits per heavy atom. The summed E-state index contributed by atoms with van der Waals surface area (Å²) in [5, 5.41) is 0. The molecule has 0 heterocycles. The second-order valence-electron chi connectivity index (χ2n) is 4.32. The molecular weight excluding hydrogens is 229 g/mol. The number of benzene rings is 1. The van der Waals surface area contributed by atoms with Crippen LogP contribution >= 0.6 is 0 Å². The van der Waals surface area contributed by atoms with Gasteiger partial charge in [0, 0.05) is 6.42 Å². The van der Waals surface area contributed by atoms with Crippen LogP contribution in [0.25, 0.3) is 0 Å². The van der Waals surface area contributed by atoms with E-state index in [1.807, 2.05) is 13.8 Å². The summed E-state index contributed by atoms with van der Waals surface area (Å²) in [6.07, 6.45) is -2.35. The number of hydrogen-bond acceptors (Lipinski definition) is 1. The molecule has 0 spiro atoms. The highest BCUT2D eigenvalue weighted by atomic mass is 19.4. The van der Waals surface area contributed by atoms with Crippen LogP contribution in [0.2, 0.25) is 0 Å². The second kappa shape index (κ2) is 4.82. The zero-order chi connectivity index (χ0) is 13.1. The molecule has 0 unspecified atom stereocenters. The first-order valence-corrected chi connectivity index (χ1v) is 5.14. The Bertz CT molecular complexity index is 377. The van der Waals surface area contributed by atoms with Gasteiger partial charge in [-0.1, -0.05) is 12.7 Å². The molecule has 4 heteroatoms. The van der Waals surface area contributed by atoms with Crippen molar-refractivity contribution in [1.29, 1.82) is 0 Å². The lowest BCUT2D eigenvalue weighted by atomic mass is 10.1. The summed E-state index contributed by atoms with van der Waals surface area (Å²) in [5.74, 6) is 0.393. The minimum absolute atomic E-state index is 0.393. The van der Waals surface area contributed by atoms with Gasteiger partial charge < -0.3 is 4.74 Å². The van der Waals surface area contributed by atoms with Gasteiger partial charge in [-0.15, -0.1) is 0 Å². The third-order valence-electron chi connectivity index (χ3n) is 2.19. The number of rotatable bonds is 4. The van der Waals surface area contributed by atoms with Crippen molar-refractivity contribution in [2.24, 2.45) is 0 Å². The van der Waals surface area contributed by atoms with E-state index in [0.29, 0.717) is 12.2 Å². The van der Waals surface area contributed by atoms with E-state index in [9.17, 15) is 13.2 Å². The lowest BCUT2D eigenvalue weighted by Crippen LogP contribution is -2.27. The molecule has 0 aliphatic rings. The summed E-state index contributed by atoms with van der Waals surface area (Å²) >= 11 is 0. The van der Waals surface area contributed by atoms with E-state index >= 15 is 0 Å². The van der Waals surface area contributed by atoms with Crippen LogP contribution in [0.3, 0.4) is 0 Å². The second-order valence-corrected chi connectivity index (χ2v) is 4.32. The van der Waals surface area contributed by atoms with E-state index in [1.54, 1.807) is 0 Å². The van der Waals surface area contributed by atoms with Crippen LogP contribution in [0.15, 0.2) is 30.3 Å². The Hall–Kier alpha value is -1.45. The van der Waals surface area contributed by atoms with Gasteiger partial charge >= 0.3 is 6.18 Å². The molecule has 0 fully saturated rings. The molecule has 0 atom stereocenters. The highest BCUT2D eigenvalue weighted by Gasteiger charge is 2.30. The Labute approximate surface area is 98.9 Å². The van der Waals surface area contributed by atoms with E-state index < -0.39 is 17.3 Å². The fourth-order valence-electron chi connectivity index (χ4n) is 1.36. The molecule has 0 amide bonds. The maximum atomic E-state index is 12.3. The zero-order valence-corrected chi connectivity index (χ0v) is 9.71. The molecule has 1 nitrogen and oxygen atoms in total. The van der Waals surface area contributed by atoms with Gasteiger partial charge in [0.25, 0.3) is 0 Å². The molecule has 0 saturated heterocycles. The first kappa shape index (κ1) is 13.6. The van der Waals surface area contributed by atoms with E-state index in [2.05, 4.69) is 0 Å². The van der Waals surface area contributed by atoms with Crippen LogP contribution in [0.1, 0.15) is 25.8 Å². The number of alkyl halides is 3. The quantitative estimate of drug-likeness (QED) is 0.768. The van der Waals surface area contributed by atoms with Crippen molar-refractivity contribution < 1.29 is 17.9 Å². The molecular formula is C13H14F3O. The molecule has 1 radical (unpaired) electrons. The summed E-state index contributed by atoms with van der Waals surface area (Å²) in [7, 11) is 0. The Balaban J connectivity index is 2.79. The van der Waals surface area contributed by atoms with Gasteiger partial charge in [0.05, 0.1) is 5.56 Å². The first-order valence-electron chi connectivity index (χ1n) is 5.14. The summed E-state index contributed by atoms with van der Waals surface area (Å²) < 4.78 is 42.5. The summed E-state index contributed by atoms with van der Waals surface area (Å²) in [5.41, 5.74) is -1.22. The van der Waals surface area contributed by atoms with Crippen molar-refractivity contribution >= 4 is 0 Å². The normalized spacial score (nSPS) is 12.3. The fraction of sp³-hybridized carbons (Fsp3) is 0.385. The maximum absolute atomic E-state index is 12.3. The molecule has 0 N–H and O–H groups in total. The van der Waals surface area contributed by atoms with Gasteiger partial charge in [-0.3, -0.25) is 0 Å². The molecule has 0 bridgehead atoms. The standard InChI is InChI=1S/C13H14F3O/c1-4-9-12(2,3)17-11-7-5-10(6-8-11)13(14,15)16/h1,4-8H,9H2,2-3H3. The fourth-order valence-corrected chi connectivity index (χ4v) is 1.36. The topological polar surface area (TPSA) is 9.23 Å². The molecule has 0 aliphatic heterocycles. The minimum Gasteiger partial charge on any atom is -0.488 e. The summed E-state index contributed by atoms with van der Waals surface area (Å²) in [6.45, 7) is 8.92. The molecule has 0 aromatic heterocycles. The average molecular weight is 243 g/mol. The highest BCUT2D eigenvalue weighted by Crippen LogP contribution is 2.31. The zero-order valence-electron chi connectivity index (χ0n) is 9.71. The van der Waals surface area contributed by atoms with Gasteiger partial charge in [0.15, 0.2) is 0 Å². The van der Waals surface area contributed by atoms with Gasteiger partial charge in [-0.05, 0) is 38.1 Å². The molecule has 0 aliphatic carbocycles. The van der Waals surface area contributed by atoms with Crippen molar-refractivity contribution in [2.75, 3.05) is 0 Å². The molecule has 1 rings (SSSR count). The molecule has 1 aromatic carbocycles. The van der Waals surface area contributed by atoms with Crippen LogP contribution in [-0.2, 0) is 6.18 Å². The lowest BCUT2D eigenvalue weighted by Gasteiger charge is -2.25. The number of hydrogen-bond donors (Lipinski definition) is 0. The van der Waals surface area contributed by atoms with Gasteiger partial charge in [-0.2, -0.15) is 13.2 Å². The predicted molar refractivity (Wildman–Crippen MR) is 59.6 cm³/mol. The third kappa shape index (κ3) is 4.13. The van der Waals surface area contributed by atoms with Crippen molar-refractivity contribution in [2.45, 2.75) is 32.0 Å². The third-order valence-corrected chi connectivity index (χ3v) is 2.19. The Morgan fingerprint density at radius 1 is 1.18 bits per heavy atom. The SMILES string of the molecule is [CH]=CCC(C)(C)Oc1ccc(C(F)(F)F)cc1. The largest absolute Gasteiger partial charge is 0.488 e. The van der Waals surface area contributed by atoms with Crippen molar-refractivity contribution in [3.8, 4) is 5.75 Å². The van der Waals surface area contributed by atoms with Gasteiger partial charge in [0.2, 0.25) is 0 Å². The summed E-state index contributed by atoms with van der Waals surface area (Å²) in [4.78, 5) is 0. The molecule has 93 valence electrons. The monoisotopic (exact) mass is 243 g/mol. The van der Waals surface area contributed by atoms with Crippen LogP contribution < -0.4 is 4.74 Å². The maximum Gasteiger partial charge on any atom is 0.416 e. The molecule has 17 heavy (non-hydrogen) atoms. The van der Waals surface area contributed by atoms with E-state index in [0.717, 1.165) is 12.1 Å². The summed E-state index contributed by atoms with van der Waals surface area (Å²) in [6, 6.07) is 4.61. The Morgan fingerprint density at radius 2 is 1.71 bits per heavy atom. The van der Waals surface area contributed by atoms with E-state index in [1.165, 1.54) is 18.2 Å².